The second-order valence-corrected chi connectivity index (χ2v) is 6.17. The molecule has 2 heterocycles. The van der Waals surface area contributed by atoms with Gasteiger partial charge in [0.25, 0.3) is 0 Å². The molecule has 0 aromatic heterocycles. The zero-order chi connectivity index (χ0) is 14.3. The topological polar surface area (TPSA) is 26.7 Å². The summed E-state index contributed by atoms with van der Waals surface area (Å²) in [6.45, 7) is 7.15. The maximum Gasteiger partial charge on any atom is 0.123 e. The maximum atomic E-state index is 13.4. The number of hydrogen-bond acceptors (Lipinski definition) is 3. The van der Waals surface area contributed by atoms with E-state index in [4.69, 9.17) is 0 Å². The van der Waals surface area contributed by atoms with Crippen LogP contribution in [0.25, 0.3) is 0 Å². The van der Waals surface area contributed by atoms with E-state index in [1.54, 1.807) is 6.92 Å². The molecule has 3 rings (SSSR count). The van der Waals surface area contributed by atoms with E-state index in [1.807, 2.05) is 6.07 Å². The summed E-state index contributed by atoms with van der Waals surface area (Å²) in [7, 11) is 0. The van der Waals surface area contributed by atoms with Crippen LogP contribution in [-0.2, 0) is 0 Å². The molecule has 3 atom stereocenters. The SMILES string of the molecule is CC1CN2CCCC2CN1c1ccc(F)cc1[C@@H](C)O. The summed E-state index contributed by atoms with van der Waals surface area (Å²) < 4.78 is 13.4. The number of fused-ring (bicyclic) bond motifs is 1. The molecule has 2 saturated heterocycles. The molecule has 0 saturated carbocycles. The number of aliphatic hydroxyl groups is 1. The Balaban J connectivity index is 1.91. The highest BCUT2D eigenvalue weighted by atomic mass is 19.1. The van der Waals surface area contributed by atoms with Gasteiger partial charge in [0.2, 0.25) is 0 Å². The first-order valence-electron chi connectivity index (χ1n) is 7.54. The number of anilines is 1. The summed E-state index contributed by atoms with van der Waals surface area (Å²) in [5.74, 6) is -0.281. The van der Waals surface area contributed by atoms with E-state index >= 15 is 0 Å². The molecular weight excluding hydrogens is 255 g/mol. The molecule has 0 bridgehead atoms. The lowest BCUT2D eigenvalue weighted by molar-refractivity contribution is 0.192. The lowest BCUT2D eigenvalue weighted by Gasteiger charge is -2.44. The predicted octanol–water partition coefficient (Wildman–Crippen LogP) is 2.55. The van der Waals surface area contributed by atoms with Crippen LogP contribution in [0.5, 0.6) is 0 Å². The Hall–Kier alpha value is -1.13. The zero-order valence-corrected chi connectivity index (χ0v) is 12.2. The van der Waals surface area contributed by atoms with Gasteiger partial charge < -0.3 is 10.0 Å². The minimum atomic E-state index is -0.644. The number of piperazine rings is 1. The molecular formula is C16H23FN2O. The van der Waals surface area contributed by atoms with Gasteiger partial charge in [0.15, 0.2) is 0 Å². The van der Waals surface area contributed by atoms with E-state index in [9.17, 15) is 9.50 Å². The van der Waals surface area contributed by atoms with Crippen molar-refractivity contribution in [3.8, 4) is 0 Å². The number of aliphatic hydroxyl groups excluding tert-OH is 1. The molecule has 4 heteroatoms. The van der Waals surface area contributed by atoms with Crippen molar-refractivity contribution >= 4 is 5.69 Å². The first-order chi connectivity index (χ1) is 9.56. The zero-order valence-electron chi connectivity index (χ0n) is 12.2. The van der Waals surface area contributed by atoms with Crippen molar-refractivity contribution in [1.82, 2.24) is 4.90 Å². The first-order valence-corrected chi connectivity index (χ1v) is 7.54. The van der Waals surface area contributed by atoms with Gasteiger partial charge in [-0.15, -0.1) is 0 Å². The number of rotatable bonds is 2. The van der Waals surface area contributed by atoms with Crippen LogP contribution in [-0.4, -0.2) is 41.7 Å². The highest BCUT2D eigenvalue weighted by Gasteiger charge is 2.35. The van der Waals surface area contributed by atoms with Crippen LogP contribution < -0.4 is 4.90 Å². The van der Waals surface area contributed by atoms with Crippen LogP contribution in [0.15, 0.2) is 18.2 Å². The van der Waals surface area contributed by atoms with Crippen LogP contribution in [0, 0.1) is 5.82 Å². The van der Waals surface area contributed by atoms with Crippen molar-refractivity contribution in [3.05, 3.63) is 29.6 Å². The molecule has 3 nitrogen and oxygen atoms in total. The Kier molecular flexibility index (Phi) is 3.69. The van der Waals surface area contributed by atoms with Crippen LogP contribution in [0.1, 0.15) is 38.4 Å². The third-order valence-electron chi connectivity index (χ3n) is 4.69. The molecule has 2 fully saturated rings. The molecule has 1 aromatic carbocycles. The molecule has 0 amide bonds. The van der Waals surface area contributed by atoms with Gasteiger partial charge in [0.1, 0.15) is 5.82 Å². The Bertz CT molecular complexity index is 491. The second kappa shape index (κ2) is 5.34. The van der Waals surface area contributed by atoms with Crippen molar-refractivity contribution in [2.45, 2.75) is 44.9 Å². The monoisotopic (exact) mass is 278 g/mol. The summed E-state index contributed by atoms with van der Waals surface area (Å²) in [5.41, 5.74) is 1.68. The summed E-state index contributed by atoms with van der Waals surface area (Å²) in [6, 6.07) is 5.78. The normalized spacial score (nSPS) is 28.5. The Morgan fingerprint density at radius 1 is 1.35 bits per heavy atom. The average molecular weight is 278 g/mol. The van der Waals surface area contributed by atoms with Gasteiger partial charge in [0.05, 0.1) is 6.10 Å². The highest BCUT2D eigenvalue weighted by Crippen LogP contribution is 2.33. The number of hydrogen-bond donors (Lipinski definition) is 1. The molecule has 1 N–H and O–H groups in total. The van der Waals surface area contributed by atoms with Crippen molar-refractivity contribution in [3.63, 3.8) is 0 Å². The Morgan fingerprint density at radius 3 is 2.90 bits per heavy atom. The quantitative estimate of drug-likeness (QED) is 0.900. The van der Waals surface area contributed by atoms with Crippen molar-refractivity contribution in [2.75, 3.05) is 24.5 Å². The third-order valence-corrected chi connectivity index (χ3v) is 4.69. The molecule has 0 spiro atoms. The highest BCUT2D eigenvalue weighted by molar-refractivity contribution is 5.56. The molecule has 1 aromatic rings. The van der Waals surface area contributed by atoms with Gasteiger partial charge in [-0.1, -0.05) is 0 Å². The Labute approximate surface area is 120 Å². The fourth-order valence-electron chi connectivity index (χ4n) is 3.64. The van der Waals surface area contributed by atoms with E-state index in [2.05, 4.69) is 16.7 Å². The lowest BCUT2D eigenvalue weighted by Crippen LogP contribution is -2.55. The molecule has 0 aliphatic carbocycles. The van der Waals surface area contributed by atoms with Crippen molar-refractivity contribution in [1.29, 1.82) is 0 Å². The fraction of sp³-hybridized carbons (Fsp3) is 0.625. The maximum absolute atomic E-state index is 13.4. The van der Waals surface area contributed by atoms with Crippen LogP contribution in [0.2, 0.25) is 0 Å². The van der Waals surface area contributed by atoms with Crippen LogP contribution in [0.4, 0.5) is 10.1 Å². The molecule has 110 valence electrons. The van der Waals surface area contributed by atoms with E-state index in [0.717, 1.165) is 18.8 Å². The standard InChI is InChI=1S/C16H23FN2O/c1-11-9-18-7-3-4-14(18)10-19(11)16-6-5-13(17)8-15(16)12(2)20/h5-6,8,11-12,14,20H,3-4,7,9-10H2,1-2H3/t11?,12-,14?/m1/s1. The van der Waals surface area contributed by atoms with E-state index in [1.165, 1.54) is 31.5 Å². The fourth-order valence-corrected chi connectivity index (χ4v) is 3.64. The number of nitrogens with zero attached hydrogens (tertiary/aromatic N) is 2. The average Bonchev–Trinajstić information content (AvgIpc) is 2.85. The summed E-state index contributed by atoms with van der Waals surface area (Å²) >= 11 is 0. The third kappa shape index (κ3) is 2.42. The van der Waals surface area contributed by atoms with Gasteiger partial charge >= 0.3 is 0 Å². The van der Waals surface area contributed by atoms with Gasteiger partial charge in [0, 0.05) is 36.4 Å². The molecule has 0 radical (unpaired) electrons. The Morgan fingerprint density at radius 2 is 2.15 bits per heavy atom. The largest absolute Gasteiger partial charge is 0.389 e. The van der Waals surface area contributed by atoms with Crippen LogP contribution >= 0.6 is 0 Å². The van der Waals surface area contributed by atoms with E-state index in [-0.39, 0.29) is 5.82 Å². The number of halogens is 1. The smallest absolute Gasteiger partial charge is 0.123 e. The number of benzene rings is 1. The van der Waals surface area contributed by atoms with E-state index in [0.29, 0.717) is 17.6 Å². The van der Waals surface area contributed by atoms with Crippen molar-refractivity contribution < 1.29 is 9.50 Å². The van der Waals surface area contributed by atoms with Gasteiger partial charge in [-0.3, -0.25) is 4.90 Å². The van der Waals surface area contributed by atoms with Gasteiger partial charge in [-0.25, -0.2) is 4.39 Å². The molecule has 20 heavy (non-hydrogen) atoms. The molecule has 2 aliphatic heterocycles. The van der Waals surface area contributed by atoms with Crippen LogP contribution in [0.3, 0.4) is 0 Å². The minimum Gasteiger partial charge on any atom is -0.389 e. The van der Waals surface area contributed by atoms with E-state index < -0.39 is 6.10 Å². The first kappa shape index (κ1) is 13.8. The summed E-state index contributed by atoms with van der Waals surface area (Å²) in [4.78, 5) is 4.90. The van der Waals surface area contributed by atoms with Crippen molar-refractivity contribution in [2.24, 2.45) is 0 Å². The molecule has 2 aliphatic rings. The van der Waals surface area contributed by atoms with Gasteiger partial charge in [-0.2, -0.15) is 0 Å². The second-order valence-electron chi connectivity index (χ2n) is 6.17. The predicted molar refractivity (Wildman–Crippen MR) is 78.4 cm³/mol. The molecule has 2 unspecified atom stereocenters. The van der Waals surface area contributed by atoms with Gasteiger partial charge in [-0.05, 0) is 51.4 Å². The minimum absolute atomic E-state index is 0.281. The summed E-state index contributed by atoms with van der Waals surface area (Å²) in [6.07, 6.45) is 1.88. The lowest BCUT2D eigenvalue weighted by atomic mass is 10.0. The summed E-state index contributed by atoms with van der Waals surface area (Å²) in [5, 5.41) is 9.93.